The van der Waals surface area contributed by atoms with E-state index in [0.29, 0.717) is 25.0 Å². The highest BCUT2D eigenvalue weighted by molar-refractivity contribution is 5.25. The van der Waals surface area contributed by atoms with Crippen molar-refractivity contribution < 1.29 is 4.42 Å². The first-order valence-corrected chi connectivity index (χ1v) is 7.22. The van der Waals surface area contributed by atoms with Crippen molar-refractivity contribution in [3.05, 3.63) is 35.5 Å². The van der Waals surface area contributed by atoms with Gasteiger partial charge in [0, 0.05) is 11.7 Å². The second-order valence-electron chi connectivity index (χ2n) is 5.92. The van der Waals surface area contributed by atoms with Crippen molar-refractivity contribution >= 4 is 6.01 Å². The molecule has 6 nitrogen and oxygen atoms in total. The lowest BCUT2D eigenvalue weighted by molar-refractivity contribution is 0.383. The van der Waals surface area contributed by atoms with Crippen LogP contribution in [0.5, 0.6) is 0 Å². The van der Waals surface area contributed by atoms with Crippen molar-refractivity contribution in [2.75, 3.05) is 5.32 Å². The van der Waals surface area contributed by atoms with Crippen LogP contribution in [0.1, 0.15) is 44.8 Å². The highest BCUT2D eigenvalue weighted by atomic mass is 16.4. The van der Waals surface area contributed by atoms with Crippen LogP contribution < -0.4 is 10.6 Å². The van der Waals surface area contributed by atoms with Crippen LogP contribution in [0, 0.1) is 0 Å². The van der Waals surface area contributed by atoms with Gasteiger partial charge >= 0.3 is 6.01 Å². The molecule has 2 aromatic heterocycles. The summed E-state index contributed by atoms with van der Waals surface area (Å²) in [4.78, 5) is 4.38. The van der Waals surface area contributed by atoms with Crippen LogP contribution in [0.15, 0.2) is 22.7 Å². The molecule has 114 valence electrons. The minimum absolute atomic E-state index is 0.0199. The molecule has 0 aromatic carbocycles. The first kappa shape index (κ1) is 15.4. The number of hydrogen-bond donors (Lipinski definition) is 2. The summed E-state index contributed by atoms with van der Waals surface area (Å²) in [6, 6.07) is 4.45. The van der Waals surface area contributed by atoms with E-state index in [0.717, 1.165) is 12.1 Å². The Kier molecular flexibility index (Phi) is 4.90. The number of anilines is 1. The Morgan fingerprint density at radius 2 is 2.00 bits per heavy atom. The summed E-state index contributed by atoms with van der Waals surface area (Å²) in [5.41, 5.74) is 2.25. The Morgan fingerprint density at radius 1 is 1.19 bits per heavy atom. The number of hydrogen-bond acceptors (Lipinski definition) is 6. The molecule has 2 aromatic rings. The fourth-order valence-electron chi connectivity index (χ4n) is 1.85. The minimum atomic E-state index is 0.0199. The van der Waals surface area contributed by atoms with Crippen LogP contribution in [0.4, 0.5) is 6.01 Å². The summed E-state index contributed by atoms with van der Waals surface area (Å²) in [7, 11) is 0. The van der Waals surface area contributed by atoms with Crippen LogP contribution in [-0.4, -0.2) is 20.7 Å². The number of rotatable bonds is 6. The lowest BCUT2D eigenvalue weighted by Gasteiger charge is -2.18. The zero-order chi connectivity index (χ0) is 15.3. The Balaban J connectivity index is 1.91. The number of nitrogens with zero attached hydrogens (tertiary/aromatic N) is 3. The van der Waals surface area contributed by atoms with E-state index in [9.17, 15) is 0 Å². The summed E-state index contributed by atoms with van der Waals surface area (Å²) >= 11 is 0. The van der Waals surface area contributed by atoms with Crippen LogP contribution in [0.3, 0.4) is 0 Å². The van der Waals surface area contributed by atoms with Gasteiger partial charge in [-0.15, -0.1) is 5.10 Å². The molecule has 0 fully saturated rings. The summed E-state index contributed by atoms with van der Waals surface area (Å²) in [5, 5.41) is 14.4. The van der Waals surface area contributed by atoms with Crippen molar-refractivity contribution in [3.63, 3.8) is 0 Å². The number of nitrogens with one attached hydrogen (secondary N) is 2. The van der Waals surface area contributed by atoms with Gasteiger partial charge in [0.25, 0.3) is 0 Å². The van der Waals surface area contributed by atoms with E-state index < -0.39 is 0 Å². The maximum Gasteiger partial charge on any atom is 0.315 e. The summed E-state index contributed by atoms with van der Waals surface area (Å²) in [6.07, 6.45) is 2.75. The van der Waals surface area contributed by atoms with E-state index in [-0.39, 0.29) is 5.54 Å². The van der Waals surface area contributed by atoms with Crippen LogP contribution in [-0.2, 0) is 19.5 Å². The molecule has 0 aliphatic carbocycles. The van der Waals surface area contributed by atoms with Gasteiger partial charge in [0.05, 0.1) is 18.8 Å². The molecule has 0 amide bonds. The van der Waals surface area contributed by atoms with E-state index in [2.05, 4.69) is 59.6 Å². The second kappa shape index (κ2) is 6.67. The average Bonchev–Trinajstić information content (AvgIpc) is 2.90. The van der Waals surface area contributed by atoms with E-state index in [1.165, 1.54) is 5.56 Å². The van der Waals surface area contributed by atoms with Crippen LogP contribution in [0.2, 0.25) is 0 Å². The second-order valence-corrected chi connectivity index (χ2v) is 5.92. The number of aryl methyl sites for hydroxylation is 1. The predicted octanol–water partition coefficient (Wildman–Crippen LogP) is 2.53. The molecule has 2 N–H and O–H groups in total. The van der Waals surface area contributed by atoms with Crippen molar-refractivity contribution in [1.29, 1.82) is 0 Å². The number of pyridine rings is 1. The lowest BCUT2D eigenvalue weighted by atomic mass is 10.1. The molecule has 0 saturated carbocycles. The van der Waals surface area contributed by atoms with Gasteiger partial charge in [0.2, 0.25) is 5.89 Å². The van der Waals surface area contributed by atoms with E-state index >= 15 is 0 Å². The Hall–Kier alpha value is -1.95. The van der Waals surface area contributed by atoms with Gasteiger partial charge in [0.15, 0.2) is 0 Å². The van der Waals surface area contributed by atoms with Crippen LogP contribution in [0.25, 0.3) is 0 Å². The average molecular weight is 289 g/mol. The molecule has 0 spiro atoms. The molecular formula is C15H23N5O. The maximum atomic E-state index is 5.55. The largest absolute Gasteiger partial charge is 0.407 e. The Bertz CT molecular complexity index is 573. The molecule has 0 aliphatic heterocycles. The summed E-state index contributed by atoms with van der Waals surface area (Å²) < 4.78 is 5.55. The molecule has 0 saturated heterocycles. The first-order valence-electron chi connectivity index (χ1n) is 7.22. The minimum Gasteiger partial charge on any atom is -0.407 e. The highest BCUT2D eigenvalue weighted by Gasteiger charge is 2.12. The van der Waals surface area contributed by atoms with E-state index in [1.54, 1.807) is 6.20 Å². The third-order valence-corrected chi connectivity index (χ3v) is 3.01. The Labute approximate surface area is 125 Å². The molecule has 21 heavy (non-hydrogen) atoms. The van der Waals surface area contributed by atoms with Gasteiger partial charge in [-0.2, -0.15) is 0 Å². The van der Waals surface area contributed by atoms with Gasteiger partial charge in [-0.3, -0.25) is 4.98 Å². The molecule has 0 atom stereocenters. The van der Waals surface area contributed by atoms with E-state index in [4.69, 9.17) is 4.42 Å². The normalized spacial score (nSPS) is 11.6. The molecular weight excluding hydrogens is 266 g/mol. The zero-order valence-electron chi connectivity index (χ0n) is 13.1. The summed E-state index contributed by atoms with van der Waals surface area (Å²) in [5.74, 6) is 0.573. The molecule has 2 rings (SSSR count). The van der Waals surface area contributed by atoms with Crippen molar-refractivity contribution in [2.45, 2.75) is 52.7 Å². The molecule has 0 radical (unpaired) electrons. The number of aromatic nitrogens is 3. The predicted molar refractivity (Wildman–Crippen MR) is 81.8 cm³/mol. The molecule has 0 bridgehead atoms. The molecule has 0 unspecified atom stereocenters. The van der Waals surface area contributed by atoms with Gasteiger partial charge in [-0.1, -0.05) is 18.1 Å². The summed E-state index contributed by atoms with van der Waals surface area (Å²) in [6.45, 7) is 9.53. The topological polar surface area (TPSA) is 75.9 Å². The fraction of sp³-hybridized carbons (Fsp3) is 0.533. The first-order chi connectivity index (χ1) is 9.98. The monoisotopic (exact) mass is 289 g/mol. The fourth-order valence-corrected chi connectivity index (χ4v) is 1.85. The smallest absolute Gasteiger partial charge is 0.315 e. The lowest BCUT2D eigenvalue weighted by Crippen LogP contribution is -2.35. The van der Waals surface area contributed by atoms with Gasteiger partial charge < -0.3 is 15.1 Å². The van der Waals surface area contributed by atoms with Gasteiger partial charge in [-0.25, -0.2) is 0 Å². The standard InChI is InChI=1S/C15H23N5O/c1-5-11-7-6-8-16-12(11)9-17-14-20-19-13(21-14)10-18-15(2,3)4/h6-8,18H,5,9-10H2,1-4H3,(H,17,20). The SMILES string of the molecule is CCc1cccnc1CNc1nnc(CNC(C)(C)C)o1. The third kappa shape index (κ3) is 4.82. The maximum absolute atomic E-state index is 5.55. The molecule has 6 heteroatoms. The van der Waals surface area contributed by atoms with E-state index in [1.807, 2.05) is 6.07 Å². The van der Waals surface area contributed by atoms with Crippen molar-refractivity contribution in [3.8, 4) is 0 Å². The van der Waals surface area contributed by atoms with Gasteiger partial charge in [0.1, 0.15) is 0 Å². The van der Waals surface area contributed by atoms with Crippen molar-refractivity contribution in [2.24, 2.45) is 0 Å². The Morgan fingerprint density at radius 3 is 2.71 bits per heavy atom. The van der Waals surface area contributed by atoms with Gasteiger partial charge in [-0.05, 0) is 38.8 Å². The molecule has 2 heterocycles. The van der Waals surface area contributed by atoms with Crippen molar-refractivity contribution in [1.82, 2.24) is 20.5 Å². The van der Waals surface area contributed by atoms with Crippen LogP contribution >= 0.6 is 0 Å². The highest BCUT2D eigenvalue weighted by Crippen LogP contribution is 2.11. The molecule has 0 aliphatic rings. The zero-order valence-corrected chi connectivity index (χ0v) is 13.1. The third-order valence-electron chi connectivity index (χ3n) is 3.01. The quantitative estimate of drug-likeness (QED) is 0.851.